The maximum absolute atomic E-state index is 13.3. The van der Waals surface area contributed by atoms with E-state index in [2.05, 4.69) is 0 Å². The number of aromatic carboxylic acids is 1. The van der Waals surface area contributed by atoms with Gasteiger partial charge in [0.05, 0.1) is 5.56 Å². The van der Waals surface area contributed by atoms with E-state index in [0.29, 0.717) is 0 Å². The number of esters is 1. The summed E-state index contributed by atoms with van der Waals surface area (Å²) in [6, 6.07) is 13.8. The van der Waals surface area contributed by atoms with Crippen LogP contribution in [0.1, 0.15) is 53.3 Å². The van der Waals surface area contributed by atoms with Crippen molar-refractivity contribution in [2.75, 3.05) is 6.61 Å². The summed E-state index contributed by atoms with van der Waals surface area (Å²) in [7, 11) is 0. The van der Waals surface area contributed by atoms with Crippen LogP contribution in [-0.2, 0) is 14.3 Å². The zero-order valence-electron chi connectivity index (χ0n) is 22.5. The molecular weight excluding hydrogens is 564 g/mol. The summed E-state index contributed by atoms with van der Waals surface area (Å²) in [5, 5.41) is 51.7. The minimum absolute atomic E-state index is 0.0957. The Hall–Kier alpha value is -4.88. The van der Waals surface area contributed by atoms with Gasteiger partial charge < -0.3 is 39.7 Å². The van der Waals surface area contributed by atoms with Crippen molar-refractivity contribution in [2.45, 2.75) is 37.6 Å². The molecule has 0 unspecified atom stereocenters. The second-order valence-corrected chi connectivity index (χ2v) is 9.97. The van der Waals surface area contributed by atoms with Gasteiger partial charge in [0.1, 0.15) is 48.1 Å². The van der Waals surface area contributed by atoms with Gasteiger partial charge >= 0.3 is 11.9 Å². The molecule has 0 radical (unpaired) electrons. The number of rotatable bonds is 7. The zero-order chi connectivity index (χ0) is 31.0. The molecule has 1 heterocycles. The van der Waals surface area contributed by atoms with E-state index in [1.165, 1.54) is 31.2 Å². The number of benzene rings is 3. The number of aromatic hydroxyl groups is 1. The molecule has 1 fully saturated rings. The normalized spacial score (nSPS) is 23.0. The smallest absolute Gasteiger partial charge is 0.339 e. The number of fused-ring (bicyclic) bond motifs is 2. The van der Waals surface area contributed by atoms with Gasteiger partial charge in [-0.15, -0.1) is 0 Å². The molecule has 1 aliphatic carbocycles. The fourth-order valence-corrected chi connectivity index (χ4v) is 5.07. The van der Waals surface area contributed by atoms with Crippen LogP contribution in [0.4, 0.5) is 0 Å². The molecule has 0 saturated carbocycles. The SMILES string of the molecule is Cc1c(C(=O)O)c(O[C@@H]2O[C@H](COC(=O)C=Cc3ccccc3)[C@@H](O)[C@H](O)[C@H]2O)cc2c1C(=O)c1c(O)cccc1C2=O. The number of ether oxygens (including phenoxy) is 3. The number of phenols is 1. The second-order valence-electron chi connectivity index (χ2n) is 9.97. The molecule has 12 nitrogen and oxygen atoms in total. The maximum Gasteiger partial charge on any atom is 0.339 e. The highest BCUT2D eigenvalue weighted by Crippen LogP contribution is 2.39. The van der Waals surface area contributed by atoms with Gasteiger partial charge in [-0.05, 0) is 36.3 Å². The third-order valence-electron chi connectivity index (χ3n) is 7.25. The Morgan fingerprint density at radius 2 is 1.63 bits per heavy atom. The Labute approximate surface area is 244 Å². The molecule has 5 rings (SSSR count). The third-order valence-corrected chi connectivity index (χ3v) is 7.25. The van der Waals surface area contributed by atoms with Crippen LogP contribution in [0.2, 0.25) is 0 Å². The topological polar surface area (TPSA) is 197 Å². The molecule has 43 heavy (non-hydrogen) atoms. The molecule has 5 atom stereocenters. The summed E-state index contributed by atoms with van der Waals surface area (Å²) in [5.74, 6) is -4.68. The van der Waals surface area contributed by atoms with E-state index in [1.54, 1.807) is 24.3 Å². The van der Waals surface area contributed by atoms with Crippen molar-refractivity contribution < 1.29 is 58.9 Å². The van der Waals surface area contributed by atoms with E-state index < -0.39 is 77.9 Å². The quantitative estimate of drug-likeness (QED) is 0.154. The van der Waals surface area contributed by atoms with Gasteiger partial charge in [0.2, 0.25) is 6.29 Å². The monoisotopic (exact) mass is 590 g/mol. The van der Waals surface area contributed by atoms with Crippen molar-refractivity contribution in [2.24, 2.45) is 0 Å². The standard InChI is InChI=1S/C31H26O12/c1-14-22-17(25(34)16-8-5-9-18(32)24(16)27(22)36)12-19(23(14)30(39)40)42-31-29(38)28(37)26(35)20(43-31)13-41-21(33)11-10-15-6-3-2-4-7-15/h2-12,20,26,28-29,31-32,35,37-38H,13H2,1H3,(H,39,40)/t20-,26-,28+,29-,31-/m1/s1. The van der Waals surface area contributed by atoms with Crippen molar-refractivity contribution in [3.8, 4) is 11.5 Å². The zero-order valence-corrected chi connectivity index (χ0v) is 22.5. The van der Waals surface area contributed by atoms with Crippen molar-refractivity contribution >= 4 is 29.6 Å². The van der Waals surface area contributed by atoms with Crippen LogP contribution in [0, 0.1) is 6.92 Å². The molecule has 1 saturated heterocycles. The molecule has 0 bridgehead atoms. The van der Waals surface area contributed by atoms with E-state index in [0.717, 1.165) is 17.7 Å². The number of carbonyl (C=O) groups is 4. The molecule has 3 aromatic rings. The Kier molecular flexibility index (Phi) is 8.11. The van der Waals surface area contributed by atoms with Crippen molar-refractivity contribution in [1.82, 2.24) is 0 Å². The second kappa shape index (κ2) is 11.8. The van der Waals surface area contributed by atoms with Crippen LogP contribution in [0.25, 0.3) is 6.08 Å². The first kappa shape index (κ1) is 29.6. The molecule has 0 amide bonds. The summed E-state index contributed by atoms with van der Waals surface area (Å²) in [5.41, 5.74) is -0.748. The highest BCUT2D eigenvalue weighted by atomic mass is 16.7. The number of carbonyl (C=O) groups excluding carboxylic acids is 3. The van der Waals surface area contributed by atoms with Crippen LogP contribution in [-0.4, -0.2) is 86.4 Å². The van der Waals surface area contributed by atoms with E-state index in [4.69, 9.17) is 14.2 Å². The molecule has 5 N–H and O–H groups in total. The van der Waals surface area contributed by atoms with Gasteiger partial charge in [0, 0.05) is 22.8 Å². The lowest BCUT2D eigenvalue weighted by atomic mass is 9.80. The number of hydrogen-bond acceptors (Lipinski definition) is 11. The average Bonchev–Trinajstić information content (AvgIpc) is 2.98. The van der Waals surface area contributed by atoms with Gasteiger partial charge in [-0.1, -0.05) is 42.5 Å². The van der Waals surface area contributed by atoms with Crippen molar-refractivity contribution in [3.05, 3.63) is 99.6 Å². The Balaban J connectivity index is 1.41. The van der Waals surface area contributed by atoms with Gasteiger partial charge in [-0.25, -0.2) is 9.59 Å². The maximum atomic E-state index is 13.3. The minimum atomic E-state index is -1.90. The lowest BCUT2D eigenvalue weighted by molar-refractivity contribution is -0.278. The predicted octanol–water partition coefficient (Wildman–Crippen LogP) is 1.62. The van der Waals surface area contributed by atoms with E-state index in [9.17, 15) is 44.7 Å². The molecule has 12 heteroatoms. The van der Waals surface area contributed by atoms with Crippen LogP contribution < -0.4 is 4.74 Å². The third kappa shape index (κ3) is 5.51. The fraction of sp³-hybridized carbons (Fsp3) is 0.226. The number of carboxylic acids is 1. The first-order valence-corrected chi connectivity index (χ1v) is 13.1. The first-order valence-electron chi connectivity index (χ1n) is 13.1. The van der Waals surface area contributed by atoms with Crippen LogP contribution in [0.3, 0.4) is 0 Å². The molecular formula is C31H26O12. The Morgan fingerprint density at radius 3 is 2.33 bits per heavy atom. The Morgan fingerprint density at radius 1 is 0.907 bits per heavy atom. The number of aliphatic hydroxyl groups is 3. The van der Waals surface area contributed by atoms with Gasteiger partial charge in [0.25, 0.3) is 0 Å². The first-order chi connectivity index (χ1) is 20.5. The average molecular weight is 591 g/mol. The van der Waals surface area contributed by atoms with Crippen molar-refractivity contribution in [1.29, 1.82) is 0 Å². The summed E-state index contributed by atoms with van der Waals surface area (Å²) in [6.45, 7) is 0.721. The highest BCUT2D eigenvalue weighted by molar-refractivity contribution is 6.30. The number of aliphatic hydroxyl groups excluding tert-OH is 3. The minimum Gasteiger partial charge on any atom is -0.507 e. The van der Waals surface area contributed by atoms with Crippen LogP contribution >= 0.6 is 0 Å². The summed E-state index contributed by atoms with van der Waals surface area (Å²) < 4.78 is 16.4. The molecule has 222 valence electrons. The molecule has 2 aliphatic rings. The summed E-state index contributed by atoms with van der Waals surface area (Å²) in [4.78, 5) is 51.1. The Bertz CT molecular complexity index is 1640. The van der Waals surface area contributed by atoms with Crippen molar-refractivity contribution in [3.63, 3.8) is 0 Å². The lowest BCUT2D eigenvalue weighted by Crippen LogP contribution is -2.60. The number of carboxylic acid groups (broad SMARTS) is 1. The van der Waals surface area contributed by atoms with Gasteiger partial charge in [-0.2, -0.15) is 0 Å². The fourth-order valence-electron chi connectivity index (χ4n) is 5.07. The van der Waals surface area contributed by atoms with Crippen LogP contribution in [0.15, 0.2) is 60.7 Å². The van der Waals surface area contributed by atoms with E-state index in [-0.39, 0.29) is 27.8 Å². The summed E-state index contributed by atoms with van der Waals surface area (Å²) >= 11 is 0. The number of ketones is 2. The van der Waals surface area contributed by atoms with Crippen LogP contribution in [0.5, 0.6) is 11.5 Å². The number of phenolic OH excluding ortho intramolecular Hbond substituents is 1. The van der Waals surface area contributed by atoms with E-state index >= 15 is 0 Å². The van der Waals surface area contributed by atoms with Gasteiger partial charge in [-0.3, -0.25) is 9.59 Å². The van der Waals surface area contributed by atoms with E-state index in [1.807, 2.05) is 6.07 Å². The molecule has 3 aromatic carbocycles. The molecule has 0 spiro atoms. The predicted molar refractivity (Wildman–Crippen MR) is 147 cm³/mol. The number of hydrogen-bond donors (Lipinski definition) is 5. The summed E-state index contributed by atoms with van der Waals surface area (Å²) in [6.07, 6.45) is -6.00. The molecule has 0 aromatic heterocycles. The highest BCUT2D eigenvalue weighted by Gasteiger charge is 2.46. The largest absolute Gasteiger partial charge is 0.507 e. The lowest BCUT2D eigenvalue weighted by Gasteiger charge is -2.40. The molecule has 1 aliphatic heterocycles. The van der Waals surface area contributed by atoms with Gasteiger partial charge in [0.15, 0.2) is 11.6 Å².